The highest BCUT2D eigenvalue weighted by Gasteiger charge is 2.16. The van der Waals surface area contributed by atoms with Gasteiger partial charge in [0.25, 0.3) is 0 Å². The van der Waals surface area contributed by atoms with Crippen LogP contribution in [0.25, 0.3) is 67.0 Å². The van der Waals surface area contributed by atoms with E-state index in [1.807, 2.05) is 24.5 Å². The lowest BCUT2D eigenvalue weighted by Gasteiger charge is -2.17. The van der Waals surface area contributed by atoms with Crippen LogP contribution in [0.5, 0.6) is 0 Å². The summed E-state index contributed by atoms with van der Waals surface area (Å²) in [6.07, 6.45) is 6.20. The van der Waals surface area contributed by atoms with Crippen LogP contribution in [0.15, 0.2) is 157 Å². The zero-order chi connectivity index (χ0) is 31.5. The van der Waals surface area contributed by atoms with Gasteiger partial charge in [0.1, 0.15) is 0 Å². The lowest BCUT2D eigenvalue weighted by atomic mass is 9.89. The number of nitrogens with zero attached hydrogens (tertiary/aromatic N) is 2. The standard InChI is InChI=1S/C43H34N2S/c1-29-22-42(31-14-6-4-7-15-31)44-27-40(29)38-20-12-10-18-36(38)33-24-34(26-35(25-33)46-3)37-19-11-13-21-39(37)41-28-45-43(23-30(41)2)32-16-8-5-9-17-32/h4-28H,1-3H3. The first-order valence-electron chi connectivity index (χ1n) is 15.5. The van der Waals surface area contributed by atoms with Crippen molar-refractivity contribution in [3.05, 3.63) is 163 Å². The molecule has 0 aliphatic heterocycles. The molecule has 0 amide bonds. The molecular formula is C43H34N2S. The Morgan fingerprint density at radius 1 is 0.391 bits per heavy atom. The number of aryl methyl sites for hydroxylation is 2. The van der Waals surface area contributed by atoms with Crippen LogP contribution < -0.4 is 0 Å². The third-order valence-corrected chi connectivity index (χ3v) is 9.27. The van der Waals surface area contributed by atoms with Crippen LogP contribution in [0.4, 0.5) is 0 Å². The highest BCUT2D eigenvalue weighted by molar-refractivity contribution is 7.98. The highest BCUT2D eigenvalue weighted by atomic mass is 32.2. The Morgan fingerprint density at radius 2 is 0.783 bits per heavy atom. The predicted octanol–water partition coefficient (Wildman–Crippen LogP) is 11.8. The van der Waals surface area contributed by atoms with Gasteiger partial charge >= 0.3 is 0 Å². The molecule has 7 rings (SSSR count). The molecule has 222 valence electrons. The van der Waals surface area contributed by atoms with E-state index in [-0.39, 0.29) is 0 Å². The number of hydrogen-bond donors (Lipinski definition) is 0. The van der Waals surface area contributed by atoms with Crippen LogP contribution in [0.1, 0.15) is 11.1 Å². The minimum absolute atomic E-state index is 0.990. The van der Waals surface area contributed by atoms with Crippen molar-refractivity contribution in [1.82, 2.24) is 9.97 Å². The maximum absolute atomic E-state index is 4.89. The second-order valence-electron chi connectivity index (χ2n) is 11.5. The second-order valence-corrected chi connectivity index (χ2v) is 12.4. The molecule has 7 aromatic rings. The summed E-state index contributed by atoms with van der Waals surface area (Å²) in [5.41, 5.74) is 16.1. The van der Waals surface area contributed by atoms with Crippen LogP contribution >= 0.6 is 11.8 Å². The Labute approximate surface area is 275 Å². The Morgan fingerprint density at radius 3 is 1.17 bits per heavy atom. The van der Waals surface area contributed by atoms with Crippen molar-refractivity contribution in [3.8, 4) is 67.0 Å². The molecule has 0 aliphatic carbocycles. The van der Waals surface area contributed by atoms with Crippen LogP contribution in [-0.2, 0) is 0 Å². The van der Waals surface area contributed by atoms with Gasteiger partial charge < -0.3 is 0 Å². The molecule has 0 aliphatic rings. The van der Waals surface area contributed by atoms with Crippen LogP contribution in [0, 0.1) is 13.8 Å². The van der Waals surface area contributed by atoms with E-state index in [4.69, 9.17) is 9.97 Å². The molecule has 2 nitrogen and oxygen atoms in total. The smallest absolute Gasteiger partial charge is 0.0705 e. The summed E-state index contributed by atoms with van der Waals surface area (Å²) >= 11 is 1.77. The van der Waals surface area contributed by atoms with Crippen LogP contribution in [0.3, 0.4) is 0 Å². The molecule has 0 saturated heterocycles. The average Bonchev–Trinajstić information content (AvgIpc) is 3.12. The van der Waals surface area contributed by atoms with Crippen molar-refractivity contribution in [2.45, 2.75) is 18.7 Å². The molecule has 2 heterocycles. The summed E-state index contributed by atoms with van der Waals surface area (Å²) in [6, 6.07) is 49.4. The molecular weight excluding hydrogens is 577 g/mol. The molecule has 0 atom stereocenters. The third-order valence-electron chi connectivity index (χ3n) is 8.56. The van der Waals surface area contributed by atoms with Gasteiger partial charge in [-0.3, -0.25) is 9.97 Å². The van der Waals surface area contributed by atoms with Gasteiger partial charge in [0.05, 0.1) is 11.4 Å². The summed E-state index contributed by atoms with van der Waals surface area (Å²) in [6.45, 7) is 4.36. The van der Waals surface area contributed by atoms with Crippen molar-refractivity contribution in [3.63, 3.8) is 0 Å². The van der Waals surface area contributed by atoms with E-state index >= 15 is 0 Å². The lowest BCUT2D eigenvalue weighted by molar-refractivity contribution is 1.28. The number of thioether (sulfide) groups is 1. The van der Waals surface area contributed by atoms with Gasteiger partial charge in [0.15, 0.2) is 0 Å². The summed E-state index contributed by atoms with van der Waals surface area (Å²) < 4.78 is 0. The predicted molar refractivity (Wildman–Crippen MR) is 196 cm³/mol. The Bertz CT molecular complexity index is 2000. The molecule has 46 heavy (non-hydrogen) atoms. The van der Waals surface area contributed by atoms with Crippen molar-refractivity contribution < 1.29 is 0 Å². The van der Waals surface area contributed by atoms with Gasteiger partial charge in [-0.1, -0.05) is 109 Å². The van der Waals surface area contributed by atoms with E-state index in [9.17, 15) is 0 Å². The van der Waals surface area contributed by atoms with E-state index in [0.717, 1.165) is 33.6 Å². The minimum Gasteiger partial charge on any atom is -0.256 e. The number of hydrogen-bond acceptors (Lipinski definition) is 3. The molecule has 0 bridgehead atoms. The molecule has 0 radical (unpaired) electrons. The zero-order valence-corrected chi connectivity index (χ0v) is 27.1. The van der Waals surface area contributed by atoms with E-state index in [2.05, 4.69) is 147 Å². The normalized spacial score (nSPS) is 11.0. The fourth-order valence-electron chi connectivity index (χ4n) is 6.18. The van der Waals surface area contributed by atoms with E-state index in [1.165, 1.54) is 49.4 Å². The first kappa shape index (κ1) is 29.5. The summed E-state index contributed by atoms with van der Waals surface area (Å²) in [5.74, 6) is 0. The monoisotopic (exact) mass is 610 g/mol. The van der Waals surface area contributed by atoms with E-state index in [0.29, 0.717) is 0 Å². The van der Waals surface area contributed by atoms with Gasteiger partial charge in [-0.2, -0.15) is 0 Å². The zero-order valence-electron chi connectivity index (χ0n) is 26.2. The molecule has 3 heteroatoms. The Balaban J connectivity index is 1.32. The van der Waals surface area contributed by atoms with Crippen molar-refractivity contribution in [2.75, 3.05) is 6.26 Å². The number of pyridine rings is 2. The van der Waals surface area contributed by atoms with Gasteiger partial charge in [0.2, 0.25) is 0 Å². The van der Waals surface area contributed by atoms with Crippen molar-refractivity contribution >= 4 is 11.8 Å². The largest absolute Gasteiger partial charge is 0.256 e. The second kappa shape index (κ2) is 13.0. The molecule has 0 spiro atoms. The molecule has 2 aromatic heterocycles. The highest BCUT2D eigenvalue weighted by Crippen LogP contribution is 2.41. The van der Waals surface area contributed by atoms with E-state index < -0.39 is 0 Å². The summed E-state index contributed by atoms with van der Waals surface area (Å²) in [4.78, 5) is 11.0. The van der Waals surface area contributed by atoms with Gasteiger partial charge in [-0.25, -0.2) is 0 Å². The third kappa shape index (κ3) is 5.90. The molecule has 0 fully saturated rings. The molecule has 0 unspecified atom stereocenters. The van der Waals surface area contributed by atoms with Crippen molar-refractivity contribution in [2.24, 2.45) is 0 Å². The molecule has 0 N–H and O–H groups in total. The maximum Gasteiger partial charge on any atom is 0.0705 e. The lowest BCUT2D eigenvalue weighted by Crippen LogP contribution is -1.94. The van der Waals surface area contributed by atoms with Crippen LogP contribution in [-0.4, -0.2) is 16.2 Å². The van der Waals surface area contributed by atoms with Gasteiger partial charge in [0, 0.05) is 39.5 Å². The molecule has 0 saturated carbocycles. The average molecular weight is 611 g/mol. The maximum atomic E-state index is 4.89. The number of aromatic nitrogens is 2. The summed E-state index contributed by atoms with van der Waals surface area (Å²) in [7, 11) is 0. The fourth-order valence-corrected chi connectivity index (χ4v) is 6.67. The van der Waals surface area contributed by atoms with Crippen LogP contribution in [0.2, 0.25) is 0 Å². The first-order valence-corrected chi connectivity index (χ1v) is 16.7. The Hall–Kier alpha value is -5.25. The topological polar surface area (TPSA) is 25.8 Å². The minimum atomic E-state index is 0.990. The number of benzene rings is 5. The number of rotatable bonds is 7. The quantitative estimate of drug-likeness (QED) is 0.168. The Kier molecular flexibility index (Phi) is 8.33. The summed E-state index contributed by atoms with van der Waals surface area (Å²) in [5, 5.41) is 0. The fraction of sp³-hybridized carbons (Fsp3) is 0.0698. The molecule has 5 aromatic carbocycles. The van der Waals surface area contributed by atoms with Gasteiger partial charge in [-0.05, 0) is 94.9 Å². The SMILES string of the molecule is CSc1cc(-c2ccccc2-c2cnc(-c3ccccc3)cc2C)cc(-c2ccccc2-c2cnc(-c3ccccc3)cc2C)c1. The van der Waals surface area contributed by atoms with Crippen molar-refractivity contribution in [1.29, 1.82) is 0 Å². The van der Waals surface area contributed by atoms with E-state index in [1.54, 1.807) is 11.8 Å². The first-order chi connectivity index (χ1) is 22.6. The van der Waals surface area contributed by atoms with Gasteiger partial charge in [-0.15, -0.1) is 11.8 Å².